The van der Waals surface area contributed by atoms with Gasteiger partial charge >= 0.3 is 12.1 Å². The lowest BCUT2D eigenvalue weighted by Gasteiger charge is -2.37. The normalized spacial score (nSPS) is 34.5. The van der Waals surface area contributed by atoms with E-state index in [1.54, 1.807) is 0 Å². The zero-order chi connectivity index (χ0) is 13.2. The molecule has 0 aromatic heterocycles. The highest BCUT2D eigenvalue weighted by atomic mass is 19.4. The van der Waals surface area contributed by atoms with Gasteiger partial charge in [-0.15, -0.1) is 0 Å². The zero-order valence-corrected chi connectivity index (χ0v) is 8.61. The molecule has 0 bridgehead atoms. The molecule has 0 spiro atoms. The molecule has 5 N–H and O–H groups in total. The molecule has 0 aromatic carbocycles. The zero-order valence-electron chi connectivity index (χ0n) is 8.61. The Hall–Kier alpha value is -0.900. The van der Waals surface area contributed by atoms with Gasteiger partial charge in [-0.2, -0.15) is 13.2 Å². The molecule has 1 aliphatic rings. The van der Waals surface area contributed by atoms with E-state index < -0.39 is 43.0 Å². The van der Waals surface area contributed by atoms with Gasteiger partial charge in [0.1, 0.15) is 12.3 Å². The van der Waals surface area contributed by atoms with E-state index in [1.807, 2.05) is 0 Å². The molecule has 9 heteroatoms. The Bertz CT molecular complexity index is 286. The first kappa shape index (κ1) is 14.2. The second-order valence-electron chi connectivity index (χ2n) is 3.78. The Labute approximate surface area is 94.4 Å². The maximum atomic E-state index is 11.9. The van der Waals surface area contributed by atoms with Crippen LogP contribution < -0.4 is 10.6 Å². The molecule has 1 fully saturated rings. The van der Waals surface area contributed by atoms with Gasteiger partial charge in [0.2, 0.25) is 0 Å². The lowest BCUT2D eigenvalue weighted by Crippen LogP contribution is -2.65. The van der Waals surface area contributed by atoms with Crippen molar-refractivity contribution in [3.05, 3.63) is 0 Å². The van der Waals surface area contributed by atoms with Gasteiger partial charge < -0.3 is 20.6 Å². The number of aliphatic hydroxyl groups excluding tert-OH is 3. The van der Waals surface area contributed by atoms with Crippen LogP contribution in [0.3, 0.4) is 0 Å². The van der Waals surface area contributed by atoms with Crippen molar-refractivity contribution in [1.29, 1.82) is 0 Å². The molecule has 0 radical (unpaired) electrons. The third-order valence-electron chi connectivity index (χ3n) is 2.55. The number of amides is 1. The van der Waals surface area contributed by atoms with E-state index in [0.717, 1.165) is 0 Å². The molecule has 0 aliphatic carbocycles. The number of carbonyl (C=O) groups is 1. The summed E-state index contributed by atoms with van der Waals surface area (Å²) in [6.07, 6.45) is -9.48. The highest BCUT2D eigenvalue weighted by molar-refractivity contribution is 5.81. The first-order valence-electron chi connectivity index (χ1n) is 4.85. The summed E-state index contributed by atoms with van der Waals surface area (Å²) in [4.78, 5) is 10.6. The second kappa shape index (κ2) is 5.17. The molecule has 1 amide bonds. The van der Waals surface area contributed by atoms with Crippen LogP contribution in [0.2, 0.25) is 0 Å². The summed E-state index contributed by atoms with van der Waals surface area (Å²) in [5, 5.41) is 31.6. The summed E-state index contributed by atoms with van der Waals surface area (Å²) in [6.45, 7) is -0.442. The maximum Gasteiger partial charge on any atom is 0.471 e. The SMILES string of the molecule is O=C(N[C@H]1NC[C@H](CO)[C@@H](O)[C@@H]1O)C(F)(F)F. The van der Waals surface area contributed by atoms with Crippen LogP contribution in [0, 0.1) is 5.92 Å². The van der Waals surface area contributed by atoms with E-state index in [9.17, 15) is 28.2 Å². The first-order valence-corrected chi connectivity index (χ1v) is 4.85. The minimum atomic E-state index is -5.06. The van der Waals surface area contributed by atoms with E-state index in [-0.39, 0.29) is 6.54 Å². The number of rotatable bonds is 2. The van der Waals surface area contributed by atoms with Crippen LogP contribution in [0.5, 0.6) is 0 Å². The van der Waals surface area contributed by atoms with Crippen molar-refractivity contribution >= 4 is 5.91 Å². The van der Waals surface area contributed by atoms with Crippen LogP contribution in [-0.4, -0.2) is 58.9 Å². The minimum absolute atomic E-state index is 0.0163. The smallest absolute Gasteiger partial charge is 0.396 e. The maximum absolute atomic E-state index is 11.9. The van der Waals surface area contributed by atoms with Gasteiger partial charge in [0.25, 0.3) is 0 Å². The molecule has 0 saturated carbocycles. The number of alkyl halides is 3. The summed E-state index contributed by atoms with van der Waals surface area (Å²) >= 11 is 0. The van der Waals surface area contributed by atoms with E-state index in [4.69, 9.17) is 5.11 Å². The predicted octanol–water partition coefficient (Wildman–Crippen LogP) is -2.08. The number of hydrogen-bond donors (Lipinski definition) is 5. The highest BCUT2D eigenvalue weighted by Gasteiger charge is 2.43. The van der Waals surface area contributed by atoms with Crippen LogP contribution in [0.25, 0.3) is 0 Å². The molecule has 6 nitrogen and oxygen atoms in total. The largest absolute Gasteiger partial charge is 0.471 e. The molecule has 1 heterocycles. The van der Waals surface area contributed by atoms with Crippen LogP contribution in [0.4, 0.5) is 13.2 Å². The van der Waals surface area contributed by atoms with Crippen molar-refractivity contribution in [2.75, 3.05) is 13.2 Å². The van der Waals surface area contributed by atoms with E-state index in [2.05, 4.69) is 5.32 Å². The van der Waals surface area contributed by atoms with Crippen molar-refractivity contribution in [2.45, 2.75) is 24.6 Å². The fraction of sp³-hybridized carbons (Fsp3) is 0.875. The van der Waals surface area contributed by atoms with Crippen molar-refractivity contribution in [2.24, 2.45) is 5.92 Å². The molecule has 0 unspecified atom stereocenters. The van der Waals surface area contributed by atoms with Gasteiger partial charge in [0, 0.05) is 19.1 Å². The Morgan fingerprint density at radius 3 is 2.41 bits per heavy atom. The minimum Gasteiger partial charge on any atom is -0.396 e. The molecule has 1 saturated heterocycles. The van der Waals surface area contributed by atoms with Crippen LogP contribution in [0.1, 0.15) is 0 Å². The Balaban J connectivity index is 2.60. The fourth-order valence-electron chi connectivity index (χ4n) is 1.53. The molecule has 100 valence electrons. The Morgan fingerprint density at radius 1 is 1.35 bits per heavy atom. The number of nitrogens with one attached hydrogen (secondary N) is 2. The average Bonchev–Trinajstić information content (AvgIpc) is 2.23. The highest BCUT2D eigenvalue weighted by Crippen LogP contribution is 2.18. The first-order chi connectivity index (χ1) is 7.77. The van der Waals surface area contributed by atoms with Crippen molar-refractivity contribution in [3.8, 4) is 0 Å². The molecular weight excluding hydrogens is 245 g/mol. The number of carbonyl (C=O) groups excluding carboxylic acids is 1. The monoisotopic (exact) mass is 258 g/mol. The van der Waals surface area contributed by atoms with Gasteiger partial charge in [0.15, 0.2) is 0 Å². The molecule has 1 rings (SSSR count). The van der Waals surface area contributed by atoms with Gasteiger partial charge in [0.05, 0.1) is 6.10 Å². The van der Waals surface area contributed by atoms with E-state index in [1.165, 1.54) is 5.32 Å². The molecule has 0 aromatic rings. The van der Waals surface area contributed by atoms with E-state index >= 15 is 0 Å². The number of hydrogen-bond acceptors (Lipinski definition) is 5. The molecule has 1 aliphatic heterocycles. The van der Waals surface area contributed by atoms with Crippen LogP contribution >= 0.6 is 0 Å². The Morgan fingerprint density at radius 2 is 1.94 bits per heavy atom. The average molecular weight is 258 g/mol. The lowest BCUT2D eigenvalue weighted by atomic mass is 9.92. The number of halogens is 3. The lowest BCUT2D eigenvalue weighted by molar-refractivity contribution is -0.177. The van der Waals surface area contributed by atoms with Crippen LogP contribution in [0.15, 0.2) is 0 Å². The van der Waals surface area contributed by atoms with Gasteiger partial charge in [-0.3, -0.25) is 10.1 Å². The van der Waals surface area contributed by atoms with E-state index in [0.29, 0.717) is 0 Å². The summed E-state index contributed by atoms with van der Waals surface area (Å²) in [5.41, 5.74) is 0. The van der Waals surface area contributed by atoms with Crippen LogP contribution in [-0.2, 0) is 4.79 Å². The quantitative estimate of drug-likeness (QED) is 0.391. The Kier molecular flexibility index (Phi) is 4.31. The second-order valence-corrected chi connectivity index (χ2v) is 3.78. The number of aliphatic hydroxyl groups is 3. The van der Waals surface area contributed by atoms with Crippen molar-refractivity contribution in [1.82, 2.24) is 10.6 Å². The summed E-state index contributed by atoms with van der Waals surface area (Å²) in [6, 6.07) is 0. The van der Waals surface area contributed by atoms with Gasteiger partial charge in [-0.05, 0) is 0 Å². The molecule has 4 atom stereocenters. The summed E-state index contributed by atoms with van der Waals surface area (Å²) in [7, 11) is 0. The van der Waals surface area contributed by atoms with Crippen molar-refractivity contribution < 1.29 is 33.3 Å². The molecule has 17 heavy (non-hydrogen) atoms. The summed E-state index contributed by atoms with van der Waals surface area (Å²) < 4.78 is 35.8. The van der Waals surface area contributed by atoms with Crippen molar-refractivity contribution in [3.63, 3.8) is 0 Å². The topological polar surface area (TPSA) is 102 Å². The van der Waals surface area contributed by atoms with Gasteiger partial charge in [-0.25, -0.2) is 0 Å². The summed E-state index contributed by atoms with van der Waals surface area (Å²) in [5.74, 6) is -2.90. The fourth-order valence-corrected chi connectivity index (χ4v) is 1.53. The third-order valence-corrected chi connectivity index (χ3v) is 2.55. The molecular formula is C8H13F3N2O4. The number of piperidine rings is 1. The predicted molar refractivity (Wildman–Crippen MR) is 48.6 cm³/mol. The standard InChI is InChI=1S/C8H13F3N2O4/c9-8(10,11)7(17)13-6-5(16)4(15)3(2-14)1-12-6/h3-6,12,14-16H,1-2H2,(H,13,17)/t3-,4-,5+,6-/m1/s1. The third kappa shape index (κ3) is 3.28. The van der Waals surface area contributed by atoms with Gasteiger partial charge in [-0.1, -0.05) is 0 Å².